The number of halogens is 1. The molecule has 0 atom stereocenters. The molecule has 1 aromatic carbocycles. The molecular formula is C13H15BrN4O2. The summed E-state index contributed by atoms with van der Waals surface area (Å²) in [5.74, 6) is 1.49. The normalized spacial score (nSPS) is 14.1. The molecule has 106 valence electrons. The molecule has 0 saturated carbocycles. The summed E-state index contributed by atoms with van der Waals surface area (Å²) >= 11 is 3.52. The Morgan fingerprint density at radius 1 is 1.30 bits per heavy atom. The van der Waals surface area contributed by atoms with Gasteiger partial charge in [0.05, 0.1) is 30.4 Å². The van der Waals surface area contributed by atoms with Gasteiger partial charge in [-0.15, -0.1) is 5.10 Å². The highest BCUT2D eigenvalue weighted by Gasteiger charge is 2.17. The molecule has 1 aliphatic heterocycles. The van der Waals surface area contributed by atoms with Crippen LogP contribution in [0.1, 0.15) is 6.42 Å². The summed E-state index contributed by atoms with van der Waals surface area (Å²) < 4.78 is 14.0. The number of hydrogen-bond acceptors (Lipinski definition) is 5. The number of rotatable bonds is 3. The van der Waals surface area contributed by atoms with E-state index in [0.29, 0.717) is 26.3 Å². The zero-order chi connectivity index (χ0) is 13.9. The second-order valence-electron chi connectivity index (χ2n) is 4.49. The number of fused-ring (bicyclic) bond motifs is 1. The third-order valence-electron chi connectivity index (χ3n) is 2.99. The van der Waals surface area contributed by atoms with Crippen molar-refractivity contribution in [1.29, 1.82) is 0 Å². The van der Waals surface area contributed by atoms with E-state index >= 15 is 0 Å². The first kappa shape index (κ1) is 13.4. The third-order valence-corrected chi connectivity index (χ3v) is 3.58. The Morgan fingerprint density at radius 2 is 2.15 bits per heavy atom. The zero-order valence-electron chi connectivity index (χ0n) is 10.9. The summed E-state index contributed by atoms with van der Waals surface area (Å²) in [6.45, 7) is 2.51. The highest BCUT2D eigenvalue weighted by molar-refractivity contribution is 9.10. The van der Waals surface area contributed by atoms with Gasteiger partial charge in [0, 0.05) is 18.5 Å². The monoisotopic (exact) mass is 338 g/mol. The summed E-state index contributed by atoms with van der Waals surface area (Å²) in [4.78, 5) is 0. The minimum Gasteiger partial charge on any atom is -0.489 e. The van der Waals surface area contributed by atoms with Crippen LogP contribution in [0.15, 0.2) is 22.8 Å². The largest absolute Gasteiger partial charge is 0.489 e. The van der Waals surface area contributed by atoms with E-state index in [1.54, 1.807) is 4.68 Å². The molecule has 6 nitrogen and oxygen atoms in total. The fourth-order valence-electron chi connectivity index (χ4n) is 2.05. The first-order valence-electron chi connectivity index (χ1n) is 6.47. The molecule has 7 heteroatoms. The van der Waals surface area contributed by atoms with Gasteiger partial charge in [0.25, 0.3) is 0 Å². The Morgan fingerprint density at radius 3 is 3.00 bits per heavy atom. The molecule has 0 saturated heterocycles. The highest BCUT2D eigenvalue weighted by atomic mass is 79.9. The Labute approximate surface area is 125 Å². The molecule has 1 aromatic heterocycles. The Hall–Kier alpha value is -1.60. The van der Waals surface area contributed by atoms with E-state index in [4.69, 9.17) is 15.2 Å². The summed E-state index contributed by atoms with van der Waals surface area (Å²) in [7, 11) is 0. The molecule has 0 spiro atoms. The molecule has 2 N–H and O–H groups in total. The molecule has 2 heterocycles. The molecule has 3 rings (SSSR count). The van der Waals surface area contributed by atoms with Crippen LogP contribution in [0.25, 0.3) is 11.3 Å². The summed E-state index contributed by atoms with van der Waals surface area (Å²) in [6, 6.07) is 3.90. The van der Waals surface area contributed by atoms with E-state index in [9.17, 15) is 0 Å². The maximum absolute atomic E-state index is 5.72. The molecule has 0 amide bonds. The van der Waals surface area contributed by atoms with Crippen molar-refractivity contribution in [2.75, 3.05) is 19.8 Å². The predicted molar refractivity (Wildman–Crippen MR) is 77.8 cm³/mol. The number of aromatic nitrogens is 3. The van der Waals surface area contributed by atoms with Gasteiger partial charge in [0.2, 0.25) is 0 Å². The number of benzene rings is 1. The fourth-order valence-corrected chi connectivity index (χ4v) is 2.61. The maximum atomic E-state index is 5.72. The summed E-state index contributed by atoms with van der Waals surface area (Å²) in [5.41, 5.74) is 7.23. The molecule has 20 heavy (non-hydrogen) atoms. The molecular weight excluding hydrogens is 324 g/mol. The highest BCUT2D eigenvalue weighted by Crippen LogP contribution is 2.40. The van der Waals surface area contributed by atoms with Crippen molar-refractivity contribution in [2.24, 2.45) is 5.73 Å². The van der Waals surface area contributed by atoms with Crippen molar-refractivity contribution in [3.05, 3.63) is 22.8 Å². The summed E-state index contributed by atoms with van der Waals surface area (Å²) in [5, 5.41) is 8.20. The van der Waals surface area contributed by atoms with E-state index < -0.39 is 0 Å². The van der Waals surface area contributed by atoms with Crippen LogP contribution in [0, 0.1) is 0 Å². The number of nitrogens with zero attached hydrogens (tertiary/aromatic N) is 3. The lowest BCUT2D eigenvalue weighted by Gasteiger charge is -2.10. The number of ether oxygens (including phenoxy) is 2. The fraction of sp³-hybridized carbons (Fsp3) is 0.385. The lowest BCUT2D eigenvalue weighted by atomic mass is 10.1. The SMILES string of the molecule is NCCn1cc(-c2cc(Br)c3c(c2)OCCCO3)nn1. The van der Waals surface area contributed by atoms with Crippen molar-refractivity contribution in [2.45, 2.75) is 13.0 Å². The van der Waals surface area contributed by atoms with Gasteiger partial charge in [-0.25, -0.2) is 0 Å². The molecule has 0 radical (unpaired) electrons. The molecule has 0 bridgehead atoms. The van der Waals surface area contributed by atoms with Crippen LogP contribution >= 0.6 is 15.9 Å². The minimum absolute atomic E-state index is 0.535. The van der Waals surface area contributed by atoms with Crippen LogP contribution in [-0.2, 0) is 6.54 Å². The van der Waals surface area contributed by atoms with E-state index in [0.717, 1.165) is 33.6 Å². The molecule has 0 unspecified atom stereocenters. The Balaban J connectivity index is 1.97. The molecule has 1 aliphatic rings. The molecule has 0 aliphatic carbocycles. The second-order valence-corrected chi connectivity index (χ2v) is 5.35. The first-order valence-corrected chi connectivity index (χ1v) is 7.27. The van der Waals surface area contributed by atoms with E-state index in [1.165, 1.54) is 0 Å². The average Bonchev–Trinajstić information content (AvgIpc) is 2.76. The van der Waals surface area contributed by atoms with Gasteiger partial charge in [-0.05, 0) is 28.1 Å². The van der Waals surface area contributed by atoms with Crippen LogP contribution in [0.3, 0.4) is 0 Å². The average molecular weight is 339 g/mol. The summed E-state index contributed by atoms with van der Waals surface area (Å²) in [6.07, 6.45) is 2.75. The second kappa shape index (κ2) is 5.80. The Kier molecular flexibility index (Phi) is 3.88. The lowest BCUT2D eigenvalue weighted by molar-refractivity contribution is 0.296. The van der Waals surface area contributed by atoms with Gasteiger partial charge in [-0.2, -0.15) is 0 Å². The third kappa shape index (κ3) is 2.64. The van der Waals surface area contributed by atoms with Crippen molar-refractivity contribution in [1.82, 2.24) is 15.0 Å². The van der Waals surface area contributed by atoms with Crippen molar-refractivity contribution < 1.29 is 9.47 Å². The van der Waals surface area contributed by atoms with E-state index in [2.05, 4.69) is 26.2 Å². The first-order chi connectivity index (χ1) is 9.78. The topological polar surface area (TPSA) is 75.2 Å². The lowest BCUT2D eigenvalue weighted by Crippen LogP contribution is -2.10. The van der Waals surface area contributed by atoms with E-state index in [1.807, 2.05) is 18.3 Å². The van der Waals surface area contributed by atoms with Gasteiger partial charge in [0.1, 0.15) is 5.69 Å². The Bertz CT molecular complexity index is 614. The van der Waals surface area contributed by atoms with Crippen LogP contribution in [0.2, 0.25) is 0 Å². The van der Waals surface area contributed by atoms with Crippen molar-refractivity contribution >= 4 is 15.9 Å². The van der Waals surface area contributed by atoms with Gasteiger partial charge in [-0.3, -0.25) is 4.68 Å². The maximum Gasteiger partial charge on any atom is 0.175 e. The van der Waals surface area contributed by atoms with Crippen molar-refractivity contribution in [3.8, 4) is 22.8 Å². The van der Waals surface area contributed by atoms with Gasteiger partial charge >= 0.3 is 0 Å². The van der Waals surface area contributed by atoms with Crippen LogP contribution in [0.4, 0.5) is 0 Å². The quantitative estimate of drug-likeness (QED) is 0.923. The minimum atomic E-state index is 0.535. The van der Waals surface area contributed by atoms with Gasteiger partial charge < -0.3 is 15.2 Å². The van der Waals surface area contributed by atoms with Crippen LogP contribution < -0.4 is 15.2 Å². The number of hydrogen-bond donors (Lipinski definition) is 1. The predicted octanol–water partition coefficient (Wildman–Crippen LogP) is 1.83. The zero-order valence-corrected chi connectivity index (χ0v) is 12.5. The number of nitrogens with two attached hydrogens (primary N) is 1. The smallest absolute Gasteiger partial charge is 0.175 e. The van der Waals surface area contributed by atoms with E-state index in [-0.39, 0.29) is 0 Å². The van der Waals surface area contributed by atoms with Crippen LogP contribution in [-0.4, -0.2) is 34.8 Å². The van der Waals surface area contributed by atoms with Gasteiger partial charge in [0.15, 0.2) is 11.5 Å². The van der Waals surface area contributed by atoms with Gasteiger partial charge in [-0.1, -0.05) is 5.21 Å². The standard InChI is InChI=1S/C13H15BrN4O2/c14-10-6-9(11-8-18(3-2-15)17-16-11)7-12-13(10)20-5-1-4-19-12/h6-8H,1-5,15H2. The van der Waals surface area contributed by atoms with Crippen molar-refractivity contribution in [3.63, 3.8) is 0 Å². The molecule has 0 fully saturated rings. The molecule has 2 aromatic rings. The van der Waals surface area contributed by atoms with Crippen LogP contribution in [0.5, 0.6) is 11.5 Å².